The van der Waals surface area contributed by atoms with Crippen LogP contribution < -0.4 is 10.5 Å². The van der Waals surface area contributed by atoms with Gasteiger partial charge in [0.05, 0.1) is 5.69 Å². The van der Waals surface area contributed by atoms with Gasteiger partial charge < -0.3 is 10.5 Å². The first-order chi connectivity index (χ1) is 8.19. The molecule has 0 spiro atoms. The molecule has 90 valence electrons. The second kappa shape index (κ2) is 5.33. The fraction of sp³-hybridized carbons (Fsp3) is 0.250. The van der Waals surface area contributed by atoms with E-state index >= 15 is 0 Å². The van der Waals surface area contributed by atoms with Gasteiger partial charge >= 0.3 is 0 Å². The standard InChI is InChI=1S/C12H14BrN3O/c1-16-5-4-10(15-16)8-17-11-2-3-12(13)9(6-11)7-14/h2-6H,7-8,14H2,1H3. The lowest BCUT2D eigenvalue weighted by Crippen LogP contribution is -2.01. The maximum atomic E-state index is 5.65. The monoisotopic (exact) mass is 295 g/mol. The van der Waals surface area contributed by atoms with Crippen LogP contribution in [-0.4, -0.2) is 9.78 Å². The summed E-state index contributed by atoms with van der Waals surface area (Å²) < 4.78 is 8.41. The van der Waals surface area contributed by atoms with E-state index in [0.29, 0.717) is 13.2 Å². The summed E-state index contributed by atoms with van der Waals surface area (Å²) in [5, 5.41) is 4.24. The Balaban J connectivity index is 2.04. The number of hydrogen-bond acceptors (Lipinski definition) is 3. The van der Waals surface area contributed by atoms with Gasteiger partial charge in [0.25, 0.3) is 0 Å². The summed E-state index contributed by atoms with van der Waals surface area (Å²) in [6.07, 6.45) is 1.89. The zero-order valence-corrected chi connectivity index (χ0v) is 11.1. The van der Waals surface area contributed by atoms with Crippen LogP contribution in [0.1, 0.15) is 11.3 Å². The van der Waals surface area contributed by atoms with Crippen molar-refractivity contribution in [2.75, 3.05) is 0 Å². The van der Waals surface area contributed by atoms with Crippen LogP contribution in [0.15, 0.2) is 34.9 Å². The van der Waals surface area contributed by atoms with Crippen molar-refractivity contribution in [1.82, 2.24) is 9.78 Å². The van der Waals surface area contributed by atoms with Crippen LogP contribution in [0.3, 0.4) is 0 Å². The van der Waals surface area contributed by atoms with Crippen molar-refractivity contribution in [3.8, 4) is 5.75 Å². The molecule has 0 atom stereocenters. The van der Waals surface area contributed by atoms with Crippen LogP contribution in [-0.2, 0) is 20.2 Å². The van der Waals surface area contributed by atoms with E-state index in [1.807, 2.05) is 37.5 Å². The van der Waals surface area contributed by atoms with E-state index in [1.165, 1.54) is 0 Å². The molecule has 2 rings (SSSR count). The van der Waals surface area contributed by atoms with Crippen molar-refractivity contribution in [2.45, 2.75) is 13.2 Å². The number of ether oxygens (including phenoxy) is 1. The summed E-state index contributed by atoms with van der Waals surface area (Å²) >= 11 is 3.44. The van der Waals surface area contributed by atoms with E-state index in [9.17, 15) is 0 Å². The maximum Gasteiger partial charge on any atom is 0.132 e. The largest absolute Gasteiger partial charge is 0.487 e. The van der Waals surface area contributed by atoms with Crippen molar-refractivity contribution in [1.29, 1.82) is 0 Å². The Morgan fingerprint density at radius 2 is 2.24 bits per heavy atom. The molecule has 0 aliphatic carbocycles. The molecule has 0 fully saturated rings. The number of rotatable bonds is 4. The molecule has 0 aliphatic rings. The summed E-state index contributed by atoms with van der Waals surface area (Å²) in [6, 6.07) is 7.72. The fourth-order valence-electron chi connectivity index (χ4n) is 1.49. The van der Waals surface area contributed by atoms with Crippen LogP contribution in [0.5, 0.6) is 5.75 Å². The molecular weight excluding hydrogens is 282 g/mol. The average molecular weight is 296 g/mol. The highest BCUT2D eigenvalue weighted by Gasteiger charge is 2.02. The Labute approximate surface area is 109 Å². The zero-order chi connectivity index (χ0) is 12.3. The third-order valence-corrected chi connectivity index (χ3v) is 3.17. The third-order valence-electron chi connectivity index (χ3n) is 2.39. The number of aromatic nitrogens is 2. The lowest BCUT2D eigenvalue weighted by atomic mass is 10.2. The summed E-state index contributed by atoms with van der Waals surface area (Å²) in [6.45, 7) is 0.952. The Morgan fingerprint density at radius 3 is 2.88 bits per heavy atom. The lowest BCUT2D eigenvalue weighted by Gasteiger charge is -2.07. The average Bonchev–Trinajstić information content (AvgIpc) is 2.74. The van der Waals surface area contributed by atoms with Crippen molar-refractivity contribution in [3.05, 3.63) is 46.2 Å². The van der Waals surface area contributed by atoms with Gasteiger partial charge in [-0.15, -0.1) is 0 Å². The van der Waals surface area contributed by atoms with Gasteiger partial charge in [-0.25, -0.2) is 0 Å². The Hall–Kier alpha value is -1.33. The Kier molecular flexibility index (Phi) is 3.81. The molecule has 1 heterocycles. The van der Waals surface area contributed by atoms with E-state index in [0.717, 1.165) is 21.5 Å². The van der Waals surface area contributed by atoms with Crippen molar-refractivity contribution in [2.24, 2.45) is 12.8 Å². The van der Waals surface area contributed by atoms with Crippen LogP contribution in [0.2, 0.25) is 0 Å². The van der Waals surface area contributed by atoms with Gasteiger partial charge in [-0.05, 0) is 29.8 Å². The Bertz CT molecular complexity index is 510. The highest BCUT2D eigenvalue weighted by atomic mass is 79.9. The van der Waals surface area contributed by atoms with E-state index in [1.54, 1.807) is 4.68 Å². The minimum atomic E-state index is 0.465. The van der Waals surface area contributed by atoms with Crippen LogP contribution in [0.4, 0.5) is 0 Å². The maximum absolute atomic E-state index is 5.65. The van der Waals surface area contributed by atoms with E-state index < -0.39 is 0 Å². The molecule has 0 saturated heterocycles. The first kappa shape index (κ1) is 12.1. The first-order valence-electron chi connectivity index (χ1n) is 5.29. The molecule has 0 aliphatic heterocycles. The van der Waals surface area contributed by atoms with Gasteiger partial charge in [0, 0.05) is 24.3 Å². The van der Waals surface area contributed by atoms with Gasteiger partial charge in [0.2, 0.25) is 0 Å². The smallest absolute Gasteiger partial charge is 0.132 e. The van der Waals surface area contributed by atoms with Gasteiger partial charge in [-0.1, -0.05) is 15.9 Å². The number of benzene rings is 1. The number of nitrogens with zero attached hydrogens (tertiary/aromatic N) is 2. The number of nitrogens with two attached hydrogens (primary N) is 1. The topological polar surface area (TPSA) is 53.1 Å². The van der Waals surface area contributed by atoms with Crippen molar-refractivity contribution in [3.63, 3.8) is 0 Å². The number of hydrogen-bond donors (Lipinski definition) is 1. The lowest BCUT2D eigenvalue weighted by molar-refractivity contribution is 0.299. The zero-order valence-electron chi connectivity index (χ0n) is 9.56. The number of aryl methyl sites for hydroxylation is 1. The minimum absolute atomic E-state index is 0.465. The fourth-order valence-corrected chi connectivity index (χ4v) is 1.90. The first-order valence-corrected chi connectivity index (χ1v) is 6.08. The van der Waals surface area contributed by atoms with Crippen LogP contribution >= 0.6 is 15.9 Å². The van der Waals surface area contributed by atoms with Gasteiger partial charge in [0.1, 0.15) is 12.4 Å². The molecule has 17 heavy (non-hydrogen) atoms. The van der Waals surface area contributed by atoms with E-state index in [4.69, 9.17) is 10.5 Å². The van der Waals surface area contributed by atoms with Crippen LogP contribution in [0, 0.1) is 0 Å². The van der Waals surface area contributed by atoms with Gasteiger partial charge in [-0.3, -0.25) is 4.68 Å². The normalized spacial score (nSPS) is 10.5. The molecule has 0 bridgehead atoms. The molecule has 2 aromatic rings. The summed E-state index contributed by atoms with van der Waals surface area (Å²) in [5.41, 5.74) is 7.57. The van der Waals surface area contributed by atoms with Gasteiger partial charge in [-0.2, -0.15) is 5.10 Å². The number of halogens is 1. The van der Waals surface area contributed by atoms with E-state index in [-0.39, 0.29) is 0 Å². The molecule has 1 aromatic heterocycles. The van der Waals surface area contributed by atoms with Gasteiger partial charge in [0.15, 0.2) is 0 Å². The van der Waals surface area contributed by atoms with Crippen LogP contribution in [0.25, 0.3) is 0 Å². The molecule has 0 amide bonds. The molecule has 5 heteroatoms. The predicted molar refractivity (Wildman–Crippen MR) is 69.6 cm³/mol. The third kappa shape index (κ3) is 3.08. The van der Waals surface area contributed by atoms with Crippen molar-refractivity contribution >= 4 is 15.9 Å². The quantitative estimate of drug-likeness (QED) is 0.941. The molecule has 1 aromatic carbocycles. The molecule has 4 nitrogen and oxygen atoms in total. The van der Waals surface area contributed by atoms with Crippen molar-refractivity contribution < 1.29 is 4.74 Å². The highest BCUT2D eigenvalue weighted by Crippen LogP contribution is 2.22. The molecule has 0 radical (unpaired) electrons. The molecule has 2 N–H and O–H groups in total. The second-order valence-corrected chi connectivity index (χ2v) is 4.58. The highest BCUT2D eigenvalue weighted by molar-refractivity contribution is 9.10. The SMILES string of the molecule is Cn1ccc(COc2ccc(Br)c(CN)c2)n1. The van der Waals surface area contributed by atoms with E-state index in [2.05, 4.69) is 21.0 Å². The molecule has 0 unspecified atom stereocenters. The summed E-state index contributed by atoms with van der Waals surface area (Å²) in [4.78, 5) is 0. The second-order valence-electron chi connectivity index (χ2n) is 3.73. The summed E-state index contributed by atoms with van der Waals surface area (Å²) in [7, 11) is 1.88. The molecular formula is C12H14BrN3O. The Morgan fingerprint density at radius 1 is 1.41 bits per heavy atom. The summed E-state index contributed by atoms with van der Waals surface area (Å²) in [5.74, 6) is 0.805. The minimum Gasteiger partial charge on any atom is -0.487 e. The predicted octanol–water partition coefficient (Wildman–Crippen LogP) is 2.22. The molecule has 0 saturated carbocycles.